The molecule has 0 spiro atoms. The fourth-order valence-corrected chi connectivity index (χ4v) is 1.89. The summed E-state index contributed by atoms with van der Waals surface area (Å²) in [7, 11) is 0. The van der Waals surface area contributed by atoms with Gasteiger partial charge in [0.15, 0.2) is 0 Å². The molecular formula is C11H22O. The van der Waals surface area contributed by atoms with Gasteiger partial charge in [0.1, 0.15) is 0 Å². The maximum absolute atomic E-state index is 10.4. The van der Waals surface area contributed by atoms with Crippen LogP contribution in [0.5, 0.6) is 0 Å². The third kappa shape index (κ3) is 1.39. The zero-order chi connectivity index (χ0) is 9.57. The molecule has 0 bridgehead atoms. The molecule has 0 aliphatic heterocycles. The van der Waals surface area contributed by atoms with Gasteiger partial charge in [-0.1, -0.05) is 27.7 Å². The van der Waals surface area contributed by atoms with Gasteiger partial charge in [0.25, 0.3) is 0 Å². The van der Waals surface area contributed by atoms with E-state index < -0.39 is 5.60 Å². The van der Waals surface area contributed by atoms with Crippen LogP contribution in [-0.2, 0) is 0 Å². The molecule has 0 heterocycles. The van der Waals surface area contributed by atoms with E-state index in [4.69, 9.17) is 0 Å². The summed E-state index contributed by atoms with van der Waals surface area (Å²) in [6, 6.07) is 0. The zero-order valence-corrected chi connectivity index (χ0v) is 9.02. The molecule has 0 radical (unpaired) electrons. The van der Waals surface area contributed by atoms with Gasteiger partial charge in [-0.2, -0.15) is 0 Å². The molecule has 12 heavy (non-hydrogen) atoms. The molecule has 0 saturated heterocycles. The monoisotopic (exact) mass is 170 g/mol. The number of hydrogen-bond acceptors (Lipinski definition) is 1. The molecule has 1 rings (SSSR count). The van der Waals surface area contributed by atoms with Gasteiger partial charge >= 0.3 is 0 Å². The minimum atomic E-state index is -0.471. The molecule has 0 aromatic rings. The maximum atomic E-state index is 10.4. The Balaban J connectivity index is 2.70. The topological polar surface area (TPSA) is 20.2 Å². The van der Waals surface area contributed by atoms with E-state index >= 15 is 0 Å². The first kappa shape index (κ1) is 10.0. The van der Waals surface area contributed by atoms with Crippen LogP contribution in [0.15, 0.2) is 0 Å². The summed E-state index contributed by atoms with van der Waals surface area (Å²) in [5.74, 6) is 0.961. The van der Waals surface area contributed by atoms with Gasteiger partial charge < -0.3 is 5.11 Å². The van der Waals surface area contributed by atoms with E-state index in [1.165, 1.54) is 12.8 Å². The molecule has 0 aromatic heterocycles. The van der Waals surface area contributed by atoms with Crippen LogP contribution in [0.25, 0.3) is 0 Å². The van der Waals surface area contributed by atoms with Gasteiger partial charge in [-0.05, 0) is 37.0 Å². The highest BCUT2D eigenvalue weighted by Crippen LogP contribution is 2.57. The number of rotatable bonds is 3. The summed E-state index contributed by atoms with van der Waals surface area (Å²) in [4.78, 5) is 0. The normalized spacial score (nSPS) is 28.2. The van der Waals surface area contributed by atoms with Gasteiger partial charge in [0.2, 0.25) is 0 Å². The van der Waals surface area contributed by atoms with Gasteiger partial charge in [0.05, 0.1) is 5.60 Å². The van der Waals surface area contributed by atoms with Crippen LogP contribution in [0.2, 0.25) is 0 Å². The average Bonchev–Trinajstić information content (AvgIpc) is 2.67. The molecule has 0 amide bonds. The molecule has 1 N–H and O–H groups in total. The van der Waals surface area contributed by atoms with E-state index in [2.05, 4.69) is 27.7 Å². The quantitative estimate of drug-likeness (QED) is 0.690. The first-order valence-corrected chi connectivity index (χ1v) is 5.03. The fourth-order valence-electron chi connectivity index (χ4n) is 1.89. The van der Waals surface area contributed by atoms with E-state index in [1.54, 1.807) is 0 Å². The summed E-state index contributed by atoms with van der Waals surface area (Å²) in [6.07, 6.45) is 2.38. The zero-order valence-electron chi connectivity index (χ0n) is 9.02. The van der Waals surface area contributed by atoms with Gasteiger partial charge in [-0.15, -0.1) is 0 Å². The Bertz CT molecular complexity index is 166. The molecule has 72 valence electrons. The smallest absolute Gasteiger partial charge is 0.0700 e. The minimum absolute atomic E-state index is 0.205. The third-order valence-electron chi connectivity index (χ3n) is 4.11. The SMILES string of the molecule is CC(C)C(C)C(C)(O)C1(C)CC1. The molecule has 1 fully saturated rings. The lowest BCUT2D eigenvalue weighted by molar-refractivity contribution is -0.0691. The van der Waals surface area contributed by atoms with Crippen molar-refractivity contribution >= 4 is 0 Å². The largest absolute Gasteiger partial charge is 0.389 e. The highest BCUT2D eigenvalue weighted by atomic mass is 16.3. The van der Waals surface area contributed by atoms with E-state index in [-0.39, 0.29) is 5.41 Å². The van der Waals surface area contributed by atoms with Crippen LogP contribution in [0, 0.1) is 17.3 Å². The van der Waals surface area contributed by atoms with Crippen LogP contribution in [0.1, 0.15) is 47.5 Å². The lowest BCUT2D eigenvalue weighted by atomic mass is 9.73. The van der Waals surface area contributed by atoms with Crippen molar-refractivity contribution in [1.82, 2.24) is 0 Å². The average molecular weight is 170 g/mol. The van der Waals surface area contributed by atoms with Crippen LogP contribution in [-0.4, -0.2) is 10.7 Å². The third-order valence-corrected chi connectivity index (χ3v) is 4.11. The second kappa shape index (κ2) is 2.73. The Hall–Kier alpha value is -0.0400. The van der Waals surface area contributed by atoms with Crippen LogP contribution < -0.4 is 0 Å². The first-order valence-electron chi connectivity index (χ1n) is 5.03. The van der Waals surface area contributed by atoms with Crippen LogP contribution in [0.3, 0.4) is 0 Å². The van der Waals surface area contributed by atoms with Crippen molar-refractivity contribution in [2.75, 3.05) is 0 Å². The Morgan fingerprint density at radius 2 is 1.67 bits per heavy atom. The molecule has 2 unspecified atom stereocenters. The molecule has 1 aliphatic carbocycles. The summed E-state index contributed by atoms with van der Waals surface area (Å²) in [6.45, 7) is 10.7. The maximum Gasteiger partial charge on any atom is 0.0700 e. The van der Waals surface area contributed by atoms with E-state index in [9.17, 15) is 5.11 Å². The van der Waals surface area contributed by atoms with Gasteiger partial charge in [-0.25, -0.2) is 0 Å². The summed E-state index contributed by atoms with van der Waals surface area (Å²) >= 11 is 0. The van der Waals surface area contributed by atoms with Gasteiger partial charge in [0, 0.05) is 0 Å². The van der Waals surface area contributed by atoms with Crippen LogP contribution >= 0.6 is 0 Å². The second-order valence-electron chi connectivity index (χ2n) is 5.24. The number of hydrogen-bond donors (Lipinski definition) is 1. The van der Waals surface area contributed by atoms with Crippen molar-refractivity contribution in [3.63, 3.8) is 0 Å². The molecule has 1 nitrogen and oxygen atoms in total. The van der Waals surface area contributed by atoms with Crippen molar-refractivity contribution in [1.29, 1.82) is 0 Å². The molecule has 1 saturated carbocycles. The van der Waals surface area contributed by atoms with Crippen molar-refractivity contribution < 1.29 is 5.11 Å². The predicted octanol–water partition coefficient (Wildman–Crippen LogP) is 2.83. The molecule has 1 aliphatic rings. The highest BCUT2D eigenvalue weighted by molar-refractivity contribution is 5.05. The van der Waals surface area contributed by atoms with E-state index in [0.717, 1.165) is 0 Å². The fraction of sp³-hybridized carbons (Fsp3) is 1.00. The van der Waals surface area contributed by atoms with Gasteiger partial charge in [-0.3, -0.25) is 0 Å². The molecule has 1 heteroatoms. The highest BCUT2D eigenvalue weighted by Gasteiger charge is 2.54. The second-order valence-corrected chi connectivity index (χ2v) is 5.24. The molecule has 2 atom stereocenters. The Morgan fingerprint density at radius 3 is 1.92 bits per heavy atom. The Labute approximate surface area is 76.2 Å². The van der Waals surface area contributed by atoms with Crippen LogP contribution in [0.4, 0.5) is 0 Å². The summed E-state index contributed by atoms with van der Waals surface area (Å²) < 4.78 is 0. The van der Waals surface area contributed by atoms with E-state index in [0.29, 0.717) is 11.8 Å². The first-order chi connectivity index (χ1) is 5.31. The van der Waals surface area contributed by atoms with Crippen molar-refractivity contribution in [2.24, 2.45) is 17.3 Å². The minimum Gasteiger partial charge on any atom is -0.389 e. The Morgan fingerprint density at radius 1 is 1.25 bits per heavy atom. The van der Waals surface area contributed by atoms with E-state index in [1.807, 2.05) is 6.92 Å². The standard InChI is InChI=1S/C11H22O/c1-8(2)9(3)11(5,12)10(4)6-7-10/h8-9,12H,6-7H2,1-5H3. The lowest BCUT2D eigenvalue weighted by Gasteiger charge is -2.38. The van der Waals surface area contributed by atoms with Crippen molar-refractivity contribution in [3.05, 3.63) is 0 Å². The predicted molar refractivity (Wildman–Crippen MR) is 52.0 cm³/mol. The Kier molecular flexibility index (Phi) is 2.28. The number of aliphatic hydroxyl groups is 1. The van der Waals surface area contributed by atoms with Crippen molar-refractivity contribution in [2.45, 2.75) is 53.1 Å². The lowest BCUT2D eigenvalue weighted by Crippen LogP contribution is -2.43. The molecular weight excluding hydrogens is 148 g/mol. The summed E-state index contributed by atoms with van der Waals surface area (Å²) in [5, 5.41) is 10.4. The summed E-state index contributed by atoms with van der Waals surface area (Å²) in [5.41, 5.74) is -0.266. The van der Waals surface area contributed by atoms with Crippen molar-refractivity contribution in [3.8, 4) is 0 Å². The molecule has 0 aromatic carbocycles.